The second kappa shape index (κ2) is 6.76. The SMILES string of the molecule is Cc1ccc(C(C)NC(=O)CNC(=O)CN)cc1. The molecule has 0 fully saturated rings. The van der Waals surface area contributed by atoms with Gasteiger partial charge in [-0.1, -0.05) is 29.8 Å². The highest BCUT2D eigenvalue weighted by Gasteiger charge is 2.09. The van der Waals surface area contributed by atoms with Crippen molar-refractivity contribution >= 4 is 11.8 Å². The number of benzene rings is 1. The van der Waals surface area contributed by atoms with Crippen LogP contribution in [-0.2, 0) is 9.59 Å². The van der Waals surface area contributed by atoms with Crippen molar-refractivity contribution in [3.8, 4) is 0 Å². The van der Waals surface area contributed by atoms with Crippen molar-refractivity contribution in [3.05, 3.63) is 35.4 Å². The first-order valence-electron chi connectivity index (χ1n) is 5.85. The van der Waals surface area contributed by atoms with Crippen LogP contribution in [-0.4, -0.2) is 24.9 Å². The molecule has 0 radical (unpaired) electrons. The van der Waals surface area contributed by atoms with E-state index in [1.807, 2.05) is 38.1 Å². The van der Waals surface area contributed by atoms with Crippen molar-refractivity contribution in [2.45, 2.75) is 19.9 Å². The second-order valence-electron chi connectivity index (χ2n) is 4.18. The molecule has 18 heavy (non-hydrogen) atoms. The fourth-order valence-corrected chi connectivity index (χ4v) is 1.48. The maximum absolute atomic E-state index is 11.5. The molecule has 4 N–H and O–H groups in total. The van der Waals surface area contributed by atoms with Gasteiger partial charge in [-0.25, -0.2) is 0 Å². The molecule has 0 saturated heterocycles. The number of nitrogens with one attached hydrogen (secondary N) is 2. The van der Waals surface area contributed by atoms with Crippen molar-refractivity contribution < 1.29 is 9.59 Å². The molecule has 1 aromatic carbocycles. The van der Waals surface area contributed by atoms with E-state index in [9.17, 15) is 9.59 Å². The molecule has 0 aliphatic heterocycles. The zero-order chi connectivity index (χ0) is 13.5. The van der Waals surface area contributed by atoms with E-state index in [4.69, 9.17) is 5.73 Å². The number of carbonyl (C=O) groups excluding carboxylic acids is 2. The lowest BCUT2D eigenvalue weighted by molar-refractivity contribution is -0.125. The first-order valence-corrected chi connectivity index (χ1v) is 5.85. The molecule has 0 aliphatic carbocycles. The van der Waals surface area contributed by atoms with Gasteiger partial charge in [-0.3, -0.25) is 9.59 Å². The Morgan fingerprint density at radius 3 is 2.39 bits per heavy atom. The van der Waals surface area contributed by atoms with Gasteiger partial charge >= 0.3 is 0 Å². The summed E-state index contributed by atoms with van der Waals surface area (Å²) in [6.45, 7) is 3.75. The van der Waals surface area contributed by atoms with Gasteiger partial charge in [0.05, 0.1) is 19.1 Å². The highest BCUT2D eigenvalue weighted by Crippen LogP contribution is 2.12. The normalized spacial score (nSPS) is 11.7. The van der Waals surface area contributed by atoms with Crippen LogP contribution in [0.15, 0.2) is 24.3 Å². The predicted octanol–water partition coefficient (Wildman–Crippen LogP) is 0.247. The quantitative estimate of drug-likeness (QED) is 0.699. The van der Waals surface area contributed by atoms with E-state index in [0.29, 0.717) is 0 Å². The minimum absolute atomic E-state index is 0.0494. The first-order chi connectivity index (χ1) is 8.52. The average molecular weight is 249 g/mol. The third-order valence-corrected chi connectivity index (χ3v) is 2.59. The summed E-state index contributed by atoms with van der Waals surface area (Å²) in [5, 5.41) is 5.22. The molecule has 1 rings (SSSR count). The summed E-state index contributed by atoms with van der Waals surface area (Å²) in [6.07, 6.45) is 0. The zero-order valence-electron chi connectivity index (χ0n) is 10.7. The van der Waals surface area contributed by atoms with E-state index >= 15 is 0 Å². The number of carbonyl (C=O) groups is 2. The van der Waals surface area contributed by atoms with Crippen LogP contribution in [0.5, 0.6) is 0 Å². The van der Waals surface area contributed by atoms with Gasteiger partial charge in [0.2, 0.25) is 11.8 Å². The van der Waals surface area contributed by atoms with E-state index in [1.54, 1.807) is 0 Å². The molecule has 0 spiro atoms. The molecule has 98 valence electrons. The minimum Gasteiger partial charge on any atom is -0.348 e. The Bertz CT molecular complexity index is 415. The Labute approximate surface area is 107 Å². The van der Waals surface area contributed by atoms with Crippen molar-refractivity contribution in [1.82, 2.24) is 10.6 Å². The number of nitrogens with two attached hydrogens (primary N) is 1. The van der Waals surface area contributed by atoms with E-state index in [1.165, 1.54) is 5.56 Å². The van der Waals surface area contributed by atoms with Crippen LogP contribution in [0, 0.1) is 6.92 Å². The molecule has 1 unspecified atom stereocenters. The van der Waals surface area contributed by atoms with Crippen LogP contribution in [0.4, 0.5) is 0 Å². The summed E-state index contributed by atoms with van der Waals surface area (Å²) in [6, 6.07) is 7.84. The smallest absolute Gasteiger partial charge is 0.239 e. The second-order valence-corrected chi connectivity index (χ2v) is 4.18. The van der Waals surface area contributed by atoms with Gasteiger partial charge < -0.3 is 16.4 Å². The number of amides is 2. The van der Waals surface area contributed by atoms with Gasteiger partial charge in [0, 0.05) is 0 Å². The third-order valence-electron chi connectivity index (χ3n) is 2.59. The molecule has 0 bridgehead atoms. The molecule has 0 saturated carbocycles. The molecular weight excluding hydrogens is 230 g/mol. The van der Waals surface area contributed by atoms with Gasteiger partial charge in [0.1, 0.15) is 0 Å². The van der Waals surface area contributed by atoms with Gasteiger partial charge in [0.25, 0.3) is 0 Å². The summed E-state index contributed by atoms with van der Waals surface area (Å²) in [4.78, 5) is 22.4. The van der Waals surface area contributed by atoms with Crippen LogP contribution >= 0.6 is 0 Å². The average Bonchev–Trinajstić information content (AvgIpc) is 2.36. The number of rotatable bonds is 5. The Morgan fingerprint density at radius 2 is 1.83 bits per heavy atom. The Kier molecular flexibility index (Phi) is 5.32. The molecule has 1 atom stereocenters. The molecule has 0 heterocycles. The first kappa shape index (κ1) is 14.2. The fourth-order valence-electron chi connectivity index (χ4n) is 1.48. The van der Waals surface area contributed by atoms with Crippen LogP contribution in [0.1, 0.15) is 24.1 Å². The Morgan fingerprint density at radius 1 is 1.22 bits per heavy atom. The molecule has 2 amide bonds. The Balaban J connectivity index is 2.44. The molecule has 0 aliphatic rings. The van der Waals surface area contributed by atoms with Crippen LogP contribution < -0.4 is 16.4 Å². The highest BCUT2D eigenvalue weighted by molar-refractivity contribution is 5.85. The van der Waals surface area contributed by atoms with Gasteiger partial charge in [0.15, 0.2) is 0 Å². The van der Waals surface area contributed by atoms with E-state index in [-0.39, 0.29) is 30.9 Å². The van der Waals surface area contributed by atoms with Crippen molar-refractivity contribution in [2.24, 2.45) is 5.73 Å². The lowest BCUT2D eigenvalue weighted by atomic mass is 10.1. The van der Waals surface area contributed by atoms with Crippen LogP contribution in [0.3, 0.4) is 0 Å². The lowest BCUT2D eigenvalue weighted by Crippen LogP contribution is -2.40. The monoisotopic (exact) mass is 249 g/mol. The van der Waals surface area contributed by atoms with Gasteiger partial charge in [-0.05, 0) is 19.4 Å². The third kappa shape index (κ3) is 4.55. The largest absolute Gasteiger partial charge is 0.348 e. The molecule has 0 aromatic heterocycles. The summed E-state index contributed by atoms with van der Waals surface area (Å²) in [7, 11) is 0. The van der Waals surface area contributed by atoms with Gasteiger partial charge in [-0.2, -0.15) is 0 Å². The fraction of sp³-hybridized carbons (Fsp3) is 0.385. The van der Waals surface area contributed by atoms with E-state index < -0.39 is 0 Å². The Hall–Kier alpha value is -1.88. The molecule has 5 nitrogen and oxygen atoms in total. The summed E-state index contributed by atoms with van der Waals surface area (Å²) in [5.41, 5.74) is 7.32. The van der Waals surface area contributed by atoms with E-state index in [0.717, 1.165) is 5.56 Å². The highest BCUT2D eigenvalue weighted by atomic mass is 16.2. The number of aryl methyl sites for hydroxylation is 1. The topological polar surface area (TPSA) is 84.2 Å². The standard InChI is InChI=1S/C13H19N3O2/c1-9-3-5-11(6-4-9)10(2)16-13(18)8-15-12(17)7-14/h3-6,10H,7-8,14H2,1-2H3,(H,15,17)(H,16,18). The van der Waals surface area contributed by atoms with Crippen molar-refractivity contribution in [1.29, 1.82) is 0 Å². The van der Waals surface area contributed by atoms with Crippen molar-refractivity contribution in [2.75, 3.05) is 13.1 Å². The lowest BCUT2D eigenvalue weighted by Gasteiger charge is -2.14. The molecule has 1 aromatic rings. The summed E-state index contributed by atoms with van der Waals surface area (Å²) >= 11 is 0. The molecular formula is C13H19N3O2. The number of hydrogen-bond acceptors (Lipinski definition) is 3. The van der Waals surface area contributed by atoms with Crippen molar-refractivity contribution in [3.63, 3.8) is 0 Å². The maximum Gasteiger partial charge on any atom is 0.239 e. The summed E-state index contributed by atoms with van der Waals surface area (Å²) in [5.74, 6) is -0.571. The zero-order valence-corrected chi connectivity index (χ0v) is 10.7. The van der Waals surface area contributed by atoms with Crippen LogP contribution in [0.25, 0.3) is 0 Å². The van der Waals surface area contributed by atoms with Crippen LogP contribution in [0.2, 0.25) is 0 Å². The minimum atomic E-state index is -0.340. The number of hydrogen-bond donors (Lipinski definition) is 3. The predicted molar refractivity (Wildman–Crippen MR) is 69.8 cm³/mol. The summed E-state index contributed by atoms with van der Waals surface area (Å²) < 4.78 is 0. The molecule has 5 heteroatoms. The van der Waals surface area contributed by atoms with Gasteiger partial charge in [-0.15, -0.1) is 0 Å². The maximum atomic E-state index is 11.5. The van der Waals surface area contributed by atoms with E-state index in [2.05, 4.69) is 10.6 Å².